The molecule has 0 bridgehead atoms. The fraction of sp³-hybridized carbons (Fsp3) is 0.0476. The summed E-state index contributed by atoms with van der Waals surface area (Å²) >= 11 is 12.2. The molecule has 0 spiro atoms. The van der Waals surface area contributed by atoms with Gasteiger partial charge in [-0.1, -0.05) is 23.2 Å². The Hall–Kier alpha value is -2.69. The van der Waals surface area contributed by atoms with Gasteiger partial charge in [0.2, 0.25) is 0 Å². The Morgan fingerprint density at radius 3 is 2.52 bits per heavy atom. The lowest BCUT2D eigenvalue weighted by molar-refractivity contribution is 0.483. The zero-order chi connectivity index (χ0) is 19.0. The van der Waals surface area contributed by atoms with Crippen LogP contribution in [0.25, 0.3) is 10.9 Å². The largest absolute Gasteiger partial charge is 0.456 e. The van der Waals surface area contributed by atoms with Crippen molar-refractivity contribution in [3.8, 4) is 11.5 Å². The Balaban J connectivity index is 1.59. The molecule has 27 heavy (non-hydrogen) atoms. The molecule has 0 amide bonds. The summed E-state index contributed by atoms with van der Waals surface area (Å²) in [7, 11) is 0. The van der Waals surface area contributed by atoms with E-state index < -0.39 is 0 Å². The van der Waals surface area contributed by atoms with Crippen LogP contribution in [-0.4, -0.2) is 4.98 Å². The van der Waals surface area contributed by atoms with Gasteiger partial charge in [-0.15, -0.1) is 0 Å². The number of hydrogen-bond donors (Lipinski definition) is 2. The van der Waals surface area contributed by atoms with Gasteiger partial charge in [-0.25, -0.2) is 4.39 Å². The van der Waals surface area contributed by atoms with E-state index in [1.807, 2.05) is 19.2 Å². The molecule has 136 valence electrons. The van der Waals surface area contributed by atoms with Crippen LogP contribution in [-0.2, 0) is 0 Å². The van der Waals surface area contributed by atoms with Crippen molar-refractivity contribution in [2.45, 2.75) is 6.92 Å². The number of aromatic nitrogens is 1. The average Bonchev–Trinajstić information content (AvgIpc) is 3.02. The first-order valence-electron chi connectivity index (χ1n) is 8.27. The first kappa shape index (κ1) is 17.7. The molecule has 2 N–H and O–H groups in total. The number of H-pyrrole nitrogens is 1. The summed E-state index contributed by atoms with van der Waals surface area (Å²) in [5.41, 5.74) is 3.29. The van der Waals surface area contributed by atoms with Gasteiger partial charge in [0.1, 0.15) is 17.3 Å². The quantitative estimate of drug-likeness (QED) is 0.372. The number of anilines is 2. The van der Waals surface area contributed by atoms with Crippen LogP contribution in [0.2, 0.25) is 10.0 Å². The minimum Gasteiger partial charge on any atom is -0.456 e. The lowest BCUT2D eigenvalue weighted by Crippen LogP contribution is -1.91. The maximum absolute atomic E-state index is 13.8. The summed E-state index contributed by atoms with van der Waals surface area (Å²) in [4.78, 5) is 3.17. The highest BCUT2D eigenvalue weighted by molar-refractivity contribution is 6.32. The molecular formula is C21H15Cl2FN2O. The van der Waals surface area contributed by atoms with E-state index in [1.165, 1.54) is 12.1 Å². The molecule has 4 aromatic rings. The minimum absolute atomic E-state index is 0.271. The lowest BCUT2D eigenvalue weighted by atomic mass is 10.1. The van der Waals surface area contributed by atoms with Crippen molar-refractivity contribution in [1.82, 2.24) is 4.98 Å². The van der Waals surface area contributed by atoms with Gasteiger partial charge in [0.05, 0.1) is 16.2 Å². The maximum atomic E-state index is 13.8. The summed E-state index contributed by atoms with van der Waals surface area (Å²) in [5, 5.41) is 5.14. The third-order valence-corrected chi connectivity index (χ3v) is 4.75. The first-order chi connectivity index (χ1) is 13.0. The van der Waals surface area contributed by atoms with Crippen molar-refractivity contribution in [2.24, 2.45) is 0 Å². The van der Waals surface area contributed by atoms with Gasteiger partial charge >= 0.3 is 0 Å². The predicted molar refractivity (Wildman–Crippen MR) is 109 cm³/mol. The Morgan fingerprint density at radius 2 is 1.78 bits per heavy atom. The third-order valence-electron chi connectivity index (χ3n) is 4.20. The minimum atomic E-state index is -0.271. The van der Waals surface area contributed by atoms with Crippen LogP contribution in [0.3, 0.4) is 0 Å². The number of aromatic amines is 1. The molecule has 0 radical (unpaired) electrons. The van der Waals surface area contributed by atoms with Crippen molar-refractivity contribution in [3.05, 3.63) is 82.2 Å². The summed E-state index contributed by atoms with van der Waals surface area (Å²) in [6, 6.07) is 15.4. The Bertz CT molecular complexity index is 1120. The Labute approximate surface area is 165 Å². The zero-order valence-electron chi connectivity index (χ0n) is 14.3. The van der Waals surface area contributed by atoms with Crippen LogP contribution in [0, 0.1) is 12.7 Å². The van der Waals surface area contributed by atoms with Crippen LogP contribution in [0.5, 0.6) is 11.5 Å². The predicted octanol–water partition coefficient (Wildman–Crippen LogP) is 7.46. The number of halogens is 3. The summed E-state index contributed by atoms with van der Waals surface area (Å²) in [6.45, 7) is 1.87. The standard InChI is InChI=1S/C21H15Cl2FN2O/c1-12-8-14(24)9-17-19(11-25-21(12)17)26-15-4-7-20(18(23)10-15)27-16-5-2-13(22)3-6-16/h2-11,25-26H,1H3. The number of nitrogens with one attached hydrogen (secondary N) is 2. The van der Waals surface area contributed by atoms with Crippen LogP contribution >= 0.6 is 23.2 Å². The van der Waals surface area contributed by atoms with E-state index >= 15 is 0 Å². The van der Waals surface area contributed by atoms with Crippen molar-refractivity contribution >= 4 is 45.5 Å². The second-order valence-corrected chi connectivity index (χ2v) is 7.02. The second-order valence-electron chi connectivity index (χ2n) is 6.17. The topological polar surface area (TPSA) is 37.0 Å². The molecule has 6 heteroatoms. The van der Waals surface area contributed by atoms with Gasteiger partial charge in [-0.2, -0.15) is 0 Å². The van der Waals surface area contributed by atoms with E-state index in [4.69, 9.17) is 27.9 Å². The fourth-order valence-corrected chi connectivity index (χ4v) is 3.26. The number of aryl methyl sites for hydroxylation is 1. The smallest absolute Gasteiger partial charge is 0.146 e. The molecule has 0 aliphatic carbocycles. The lowest BCUT2D eigenvalue weighted by Gasteiger charge is -2.11. The van der Waals surface area contributed by atoms with E-state index in [1.54, 1.807) is 36.4 Å². The van der Waals surface area contributed by atoms with Crippen molar-refractivity contribution in [2.75, 3.05) is 5.32 Å². The molecule has 1 aromatic heterocycles. The van der Waals surface area contributed by atoms with E-state index in [9.17, 15) is 4.39 Å². The normalized spacial score (nSPS) is 11.0. The van der Waals surface area contributed by atoms with E-state index in [-0.39, 0.29) is 5.82 Å². The molecule has 0 unspecified atom stereocenters. The first-order valence-corrected chi connectivity index (χ1v) is 9.02. The molecular weight excluding hydrogens is 386 g/mol. The molecule has 0 fully saturated rings. The molecule has 4 rings (SSSR count). The third kappa shape index (κ3) is 3.72. The van der Waals surface area contributed by atoms with Crippen molar-refractivity contribution < 1.29 is 9.13 Å². The van der Waals surface area contributed by atoms with Crippen molar-refractivity contribution in [3.63, 3.8) is 0 Å². The number of hydrogen-bond acceptors (Lipinski definition) is 2. The second kappa shape index (κ2) is 7.14. The van der Waals surface area contributed by atoms with Gasteiger partial charge in [0.25, 0.3) is 0 Å². The SMILES string of the molecule is Cc1cc(F)cc2c(Nc3ccc(Oc4ccc(Cl)cc4)c(Cl)c3)c[nH]c12. The van der Waals surface area contributed by atoms with Crippen molar-refractivity contribution in [1.29, 1.82) is 0 Å². The van der Waals surface area contributed by atoms with Gasteiger partial charge < -0.3 is 15.0 Å². The molecule has 0 saturated carbocycles. The highest BCUT2D eigenvalue weighted by Crippen LogP contribution is 2.34. The number of fused-ring (bicyclic) bond motifs is 1. The molecule has 3 aromatic carbocycles. The van der Waals surface area contributed by atoms with Gasteiger partial charge in [0, 0.05) is 22.3 Å². The molecule has 0 saturated heterocycles. The molecule has 0 atom stereocenters. The number of rotatable bonds is 4. The average molecular weight is 401 g/mol. The highest BCUT2D eigenvalue weighted by Gasteiger charge is 2.10. The molecule has 0 aliphatic heterocycles. The van der Waals surface area contributed by atoms with Crippen LogP contribution in [0.15, 0.2) is 60.8 Å². The maximum Gasteiger partial charge on any atom is 0.146 e. The Kier molecular flexibility index (Phi) is 4.68. The molecule has 1 heterocycles. The van der Waals surface area contributed by atoms with Crippen LogP contribution in [0.4, 0.5) is 15.8 Å². The van der Waals surface area contributed by atoms with E-state index in [0.717, 1.165) is 27.8 Å². The van der Waals surface area contributed by atoms with Crippen LogP contribution in [0.1, 0.15) is 5.56 Å². The monoisotopic (exact) mass is 400 g/mol. The van der Waals surface area contributed by atoms with E-state index in [2.05, 4.69) is 10.3 Å². The summed E-state index contributed by atoms with van der Waals surface area (Å²) < 4.78 is 19.5. The number of ether oxygens (including phenoxy) is 1. The summed E-state index contributed by atoms with van der Waals surface area (Å²) in [5.74, 6) is 0.905. The molecule has 3 nitrogen and oxygen atoms in total. The summed E-state index contributed by atoms with van der Waals surface area (Å²) in [6.07, 6.45) is 1.81. The highest BCUT2D eigenvalue weighted by atomic mass is 35.5. The Morgan fingerprint density at radius 1 is 1.00 bits per heavy atom. The number of benzene rings is 3. The fourth-order valence-electron chi connectivity index (χ4n) is 2.92. The van der Waals surface area contributed by atoms with Gasteiger partial charge in [-0.3, -0.25) is 0 Å². The molecule has 0 aliphatic rings. The zero-order valence-corrected chi connectivity index (χ0v) is 15.8. The van der Waals surface area contributed by atoms with Gasteiger partial charge in [0.15, 0.2) is 0 Å². The van der Waals surface area contributed by atoms with Gasteiger partial charge in [-0.05, 0) is 67.1 Å². The van der Waals surface area contributed by atoms with Crippen LogP contribution < -0.4 is 10.1 Å². The van der Waals surface area contributed by atoms with E-state index in [0.29, 0.717) is 21.5 Å².